The molecule has 20 heteroatoms. The Morgan fingerprint density at radius 2 is 1.70 bits per heavy atom. The Morgan fingerprint density at radius 1 is 0.929 bits per heavy atom. The predicted octanol–water partition coefficient (Wildman–Crippen LogP) is 6.22. The Balaban J connectivity index is 0.880. The third-order valence-electron chi connectivity index (χ3n) is 12.4. The second-order valence-corrected chi connectivity index (χ2v) is 18.0. The summed E-state index contributed by atoms with van der Waals surface area (Å²) < 4.78 is 27.1. The van der Waals surface area contributed by atoms with E-state index in [4.69, 9.17) is 28.7 Å². The molecule has 0 saturated heterocycles. The number of aryl methyl sites for hydroxylation is 4. The van der Waals surface area contributed by atoms with Gasteiger partial charge in [0.2, 0.25) is 5.91 Å². The van der Waals surface area contributed by atoms with Crippen LogP contribution in [0.3, 0.4) is 0 Å². The average Bonchev–Trinajstić information content (AvgIpc) is 4.07. The number of benzene rings is 2. The summed E-state index contributed by atoms with van der Waals surface area (Å²) in [4.78, 5) is 69.2. The number of pyridine rings is 2. The summed E-state index contributed by atoms with van der Waals surface area (Å²) in [5.41, 5.74) is 8.16. The lowest BCUT2D eigenvalue weighted by atomic mass is 9.98. The fourth-order valence-electron chi connectivity index (χ4n) is 8.94. The molecule has 360 valence electrons. The molecule has 6 aromatic heterocycles. The van der Waals surface area contributed by atoms with Crippen LogP contribution >= 0.6 is 11.3 Å². The Kier molecular flexibility index (Phi) is 13.3. The number of methoxy groups -OCH3 is 2. The van der Waals surface area contributed by atoms with Crippen molar-refractivity contribution in [2.45, 2.75) is 66.6 Å². The van der Waals surface area contributed by atoms with Crippen molar-refractivity contribution in [3.8, 4) is 21.9 Å². The number of carbonyl (C=O) groups excluding carboxylic acids is 3. The van der Waals surface area contributed by atoms with Crippen molar-refractivity contribution in [3.05, 3.63) is 133 Å². The molecule has 1 aliphatic heterocycles. The van der Waals surface area contributed by atoms with Gasteiger partial charge in [-0.05, 0) is 71.4 Å². The summed E-state index contributed by atoms with van der Waals surface area (Å²) in [5.74, 6) is 1.11. The van der Waals surface area contributed by atoms with Gasteiger partial charge in [-0.2, -0.15) is 0 Å². The second kappa shape index (κ2) is 19.6. The standard InChI is InChI=1S/C50H51N11O8S/c1-26-12-14-32(15-13-26)44-42-27(2)46(70-49(42)61-31(6)56-57-47(61)37(55-44)23-41(63)67-8)48(64)53-18-20-68-19-17-52-40(62)25-59-38-24-54-36-21-34(43-28(3)58-69-30(43)5)39(66-7)22-33(36)45(38)60(50(59)65)29(4)35-11-9-10-16-51-35/h9-16,21-22,24,29,37H,17-20,23,25H2,1-8H3,(H,52,62)(H,53,64)/t29-,37+/m1/s1. The molecule has 7 heterocycles. The number of aromatic nitrogens is 8. The van der Waals surface area contributed by atoms with E-state index < -0.39 is 29.6 Å². The Bertz CT molecular complexity index is 3380. The van der Waals surface area contributed by atoms with E-state index in [1.165, 1.54) is 23.0 Å². The molecule has 0 bridgehead atoms. The molecule has 1 aliphatic rings. The van der Waals surface area contributed by atoms with Crippen molar-refractivity contribution in [3.63, 3.8) is 0 Å². The number of nitrogens with zero attached hydrogens (tertiary/aromatic N) is 9. The molecule has 19 nitrogen and oxygen atoms in total. The highest BCUT2D eigenvalue weighted by Crippen LogP contribution is 2.41. The van der Waals surface area contributed by atoms with Crippen molar-refractivity contribution >= 4 is 56.8 Å². The van der Waals surface area contributed by atoms with Gasteiger partial charge < -0.3 is 29.4 Å². The van der Waals surface area contributed by atoms with Crippen LogP contribution in [0.1, 0.15) is 86.2 Å². The van der Waals surface area contributed by atoms with Gasteiger partial charge in [0, 0.05) is 41.4 Å². The Labute approximate surface area is 405 Å². The van der Waals surface area contributed by atoms with Gasteiger partial charge >= 0.3 is 11.7 Å². The van der Waals surface area contributed by atoms with E-state index in [1.54, 1.807) is 24.1 Å². The van der Waals surface area contributed by atoms with Crippen LogP contribution in [0.5, 0.6) is 5.75 Å². The van der Waals surface area contributed by atoms with Crippen molar-refractivity contribution in [1.29, 1.82) is 0 Å². The molecular formula is C50H51N11O8S. The monoisotopic (exact) mass is 965 g/mol. The molecule has 0 radical (unpaired) electrons. The molecule has 9 rings (SSSR count). The predicted molar refractivity (Wildman–Crippen MR) is 262 cm³/mol. The third kappa shape index (κ3) is 8.75. The Morgan fingerprint density at radius 3 is 2.40 bits per heavy atom. The number of rotatable bonds is 16. The van der Waals surface area contributed by atoms with E-state index in [9.17, 15) is 19.2 Å². The maximum Gasteiger partial charge on any atom is 0.330 e. The summed E-state index contributed by atoms with van der Waals surface area (Å²) in [6.07, 6.45) is 3.25. The highest BCUT2D eigenvalue weighted by Gasteiger charge is 2.34. The maximum absolute atomic E-state index is 14.4. The van der Waals surface area contributed by atoms with E-state index in [-0.39, 0.29) is 45.2 Å². The number of fused-ring (bicyclic) bond motifs is 6. The lowest BCUT2D eigenvalue weighted by Gasteiger charge is -2.15. The number of aliphatic imine (C=N–C) groups is 1. The van der Waals surface area contributed by atoms with Crippen LogP contribution in [-0.4, -0.2) is 103 Å². The fraction of sp³-hybridized carbons (Fsp3) is 0.320. The number of nitrogens with one attached hydrogen (secondary N) is 2. The zero-order chi connectivity index (χ0) is 49.4. The summed E-state index contributed by atoms with van der Waals surface area (Å²) >= 11 is 1.30. The summed E-state index contributed by atoms with van der Waals surface area (Å²) in [6, 6.07) is 16.0. The number of ether oxygens (including phenoxy) is 3. The quantitative estimate of drug-likeness (QED) is 0.0811. The highest BCUT2D eigenvalue weighted by atomic mass is 32.1. The molecule has 0 aliphatic carbocycles. The lowest BCUT2D eigenvalue weighted by Crippen LogP contribution is -2.35. The summed E-state index contributed by atoms with van der Waals surface area (Å²) in [5, 5.41) is 20.1. The molecule has 0 fully saturated rings. The first kappa shape index (κ1) is 47.2. The molecule has 2 amide bonds. The normalized spacial score (nSPS) is 13.7. The van der Waals surface area contributed by atoms with Crippen LogP contribution in [0, 0.1) is 34.6 Å². The van der Waals surface area contributed by atoms with Gasteiger partial charge in [0.15, 0.2) is 5.82 Å². The van der Waals surface area contributed by atoms with Gasteiger partial charge in [0.25, 0.3) is 5.91 Å². The van der Waals surface area contributed by atoms with E-state index in [0.717, 1.165) is 38.4 Å². The van der Waals surface area contributed by atoms with Crippen molar-refractivity contribution in [2.75, 3.05) is 40.5 Å². The molecular weight excluding hydrogens is 915 g/mol. The van der Waals surface area contributed by atoms with Gasteiger partial charge in [-0.1, -0.05) is 41.1 Å². The summed E-state index contributed by atoms with van der Waals surface area (Å²) in [7, 11) is 2.91. The number of hydrogen-bond acceptors (Lipinski definition) is 15. The first-order valence-electron chi connectivity index (χ1n) is 22.7. The van der Waals surface area contributed by atoms with Gasteiger partial charge in [0.05, 0.1) is 90.2 Å². The molecule has 2 atom stereocenters. The van der Waals surface area contributed by atoms with E-state index in [1.807, 2.05) is 101 Å². The number of carbonyl (C=O) groups is 3. The molecule has 70 heavy (non-hydrogen) atoms. The van der Waals surface area contributed by atoms with Gasteiger partial charge in [-0.3, -0.25) is 43.0 Å². The van der Waals surface area contributed by atoms with Gasteiger partial charge in [-0.15, -0.1) is 21.5 Å². The molecule has 2 aromatic carbocycles. The van der Waals surface area contributed by atoms with Crippen molar-refractivity contribution in [1.82, 2.24) is 49.7 Å². The van der Waals surface area contributed by atoms with E-state index in [0.29, 0.717) is 67.1 Å². The Hall–Kier alpha value is -7.84. The summed E-state index contributed by atoms with van der Waals surface area (Å²) in [6.45, 7) is 11.7. The largest absolute Gasteiger partial charge is 0.496 e. The van der Waals surface area contributed by atoms with E-state index >= 15 is 0 Å². The van der Waals surface area contributed by atoms with Crippen LogP contribution in [0.25, 0.3) is 38.1 Å². The van der Waals surface area contributed by atoms with Crippen molar-refractivity contribution < 1.29 is 33.1 Å². The molecule has 8 aromatic rings. The first-order chi connectivity index (χ1) is 33.8. The van der Waals surface area contributed by atoms with Crippen LogP contribution in [-0.2, 0) is 25.6 Å². The number of imidazole rings is 1. The number of amides is 2. The highest BCUT2D eigenvalue weighted by molar-refractivity contribution is 7.17. The van der Waals surface area contributed by atoms with Crippen LogP contribution in [0.2, 0.25) is 0 Å². The minimum absolute atomic E-state index is 0.0354. The van der Waals surface area contributed by atoms with Crippen LogP contribution < -0.4 is 21.1 Å². The molecule has 2 N–H and O–H groups in total. The van der Waals surface area contributed by atoms with Crippen LogP contribution in [0.4, 0.5) is 0 Å². The lowest BCUT2D eigenvalue weighted by molar-refractivity contribution is -0.141. The molecule has 0 saturated carbocycles. The van der Waals surface area contributed by atoms with Gasteiger partial charge in [0.1, 0.15) is 34.9 Å². The third-order valence-corrected chi connectivity index (χ3v) is 13.7. The first-order valence-corrected chi connectivity index (χ1v) is 23.5. The molecule has 0 unspecified atom stereocenters. The van der Waals surface area contributed by atoms with E-state index in [2.05, 4.69) is 31.0 Å². The maximum atomic E-state index is 14.4. The number of esters is 1. The zero-order valence-corrected chi connectivity index (χ0v) is 40.8. The zero-order valence-electron chi connectivity index (χ0n) is 39.9. The smallest absolute Gasteiger partial charge is 0.330 e. The topological polar surface area (TPSA) is 225 Å². The number of hydrogen-bond donors (Lipinski definition) is 2. The van der Waals surface area contributed by atoms with Crippen molar-refractivity contribution in [2.24, 2.45) is 4.99 Å². The number of thiophene rings is 1. The second-order valence-electron chi connectivity index (χ2n) is 17.0. The van der Waals surface area contributed by atoms with Gasteiger partial charge in [-0.25, -0.2) is 4.79 Å². The fourth-order valence-corrected chi connectivity index (χ4v) is 10.2. The average molecular weight is 966 g/mol. The minimum Gasteiger partial charge on any atom is -0.496 e. The molecule has 0 spiro atoms. The van der Waals surface area contributed by atoms with Crippen LogP contribution in [0.15, 0.2) is 81.3 Å². The SMILES string of the molecule is COC(=O)C[C@@H]1N=C(c2ccc(C)cc2)c2c(sc(C(=O)NCCOCCNC(=O)Cn3c(=O)n([C@H](C)c4ccccn4)c4c5cc(OC)c(-c6c(C)noc6C)cc5ncc43)c2C)-n2c(C)nnc21. The minimum atomic E-state index is -0.668.